The Kier molecular flexibility index (Phi) is 4.15. The van der Waals surface area contributed by atoms with Gasteiger partial charge >= 0.3 is 0 Å². The maximum atomic E-state index is 5.55. The van der Waals surface area contributed by atoms with E-state index in [0.717, 1.165) is 23.2 Å². The molecule has 0 saturated heterocycles. The average Bonchev–Trinajstić information content (AvgIpc) is 2.88. The molecule has 0 atom stereocenters. The van der Waals surface area contributed by atoms with Crippen LogP contribution in [0.3, 0.4) is 0 Å². The van der Waals surface area contributed by atoms with E-state index in [1.165, 1.54) is 31.4 Å². The molecule has 2 rings (SSSR count). The molecule has 0 aliphatic heterocycles. The molecule has 15 heavy (non-hydrogen) atoms. The monoisotopic (exact) mass is 225 g/mol. The molecule has 1 aliphatic carbocycles. The number of hydrogen-bond acceptors (Lipinski definition) is 3. The lowest BCUT2D eigenvalue weighted by Crippen LogP contribution is -1.96. The van der Waals surface area contributed by atoms with Gasteiger partial charge in [-0.3, -0.25) is 0 Å². The summed E-state index contributed by atoms with van der Waals surface area (Å²) < 4.78 is 5.55. The van der Waals surface area contributed by atoms with Crippen LogP contribution in [-0.2, 0) is 12.3 Å². The first-order valence-electron chi connectivity index (χ1n) is 5.74. The lowest BCUT2D eigenvalue weighted by atomic mass is 10.1. The molecule has 0 amide bonds. The van der Waals surface area contributed by atoms with Gasteiger partial charge < -0.3 is 10.2 Å². The highest BCUT2D eigenvalue weighted by Crippen LogP contribution is 2.29. The first-order valence-corrected chi connectivity index (χ1v) is 6.89. The summed E-state index contributed by atoms with van der Waals surface area (Å²) in [4.78, 5) is 0. The van der Waals surface area contributed by atoms with E-state index in [9.17, 15) is 0 Å². The second-order valence-corrected chi connectivity index (χ2v) is 5.27. The topological polar surface area (TPSA) is 39.2 Å². The lowest BCUT2D eigenvalue weighted by molar-refractivity contribution is 0.482. The first-order chi connectivity index (χ1) is 7.38. The molecular weight excluding hydrogens is 206 g/mol. The summed E-state index contributed by atoms with van der Waals surface area (Å²) in [6.45, 7) is 0.507. The largest absolute Gasteiger partial charge is 0.464 e. The number of hydrogen-bond donors (Lipinski definition) is 1. The van der Waals surface area contributed by atoms with Gasteiger partial charge in [-0.15, -0.1) is 0 Å². The lowest BCUT2D eigenvalue weighted by Gasteiger charge is -2.06. The number of furan rings is 1. The van der Waals surface area contributed by atoms with E-state index in [4.69, 9.17) is 10.2 Å². The van der Waals surface area contributed by atoms with Crippen LogP contribution >= 0.6 is 11.8 Å². The molecule has 0 unspecified atom stereocenters. The van der Waals surface area contributed by atoms with Crippen LogP contribution in [0.15, 0.2) is 16.5 Å². The Morgan fingerprint density at radius 2 is 2.00 bits per heavy atom. The van der Waals surface area contributed by atoms with Gasteiger partial charge in [0.25, 0.3) is 0 Å². The molecule has 1 aromatic heterocycles. The molecule has 2 N–H and O–H groups in total. The van der Waals surface area contributed by atoms with Gasteiger partial charge in [-0.2, -0.15) is 11.8 Å². The summed E-state index contributed by atoms with van der Waals surface area (Å²) in [5.74, 6) is 5.21. The predicted molar refractivity (Wildman–Crippen MR) is 64.7 cm³/mol. The van der Waals surface area contributed by atoms with Crippen molar-refractivity contribution in [2.45, 2.75) is 38.0 Å². The second-order valence-electron chi connectivity index (χ2n) is 4.24. The maximum absolute atomic E-state index is 5.55. The van der Waals surface area contributed by atoms with Crippen molar-refractivity contribution >= 4 is 11.8 Å². The molecule has 0 spiro atoms. The van der Waals surface area contributed by atoms with Gasteiger partial charge in [-0.25, -0.2) is 0 Å². The Morgan fingerprint density at radius 3 is 2.67 bits per heavy atom. The van der Waals surface area contributed by atoms with Crippen molar-refractivity contribution in [2.75, 3.05) is 5.75 Å². The van der Waals surface area contributed by atoms with E-state index >= 15 is 0 Å². The van der Waals surface area contributed by atoms with Crippen LogP contribution < -0.4 is 5.73 Å². The maximum Gasteiger partial charge on any atom is 0.117 e. The highest BCUT2D eigenvalue weighted by molar-refractivity contribution is 7.98. The van der Waals surface area contributed by atoms with E-state index in [1.54, 1.807) is 0 Å². The molecular formula is C12H19NOS. The van der Waals surface area contributed by atoms with Crippen LogP contribution in [0.2, 0.25) is 0 Å². The zero-order valence-corrected chi connectivity index (χ0v) is 9.89. The van der Waals surface area contributed by atoms with E-state index < -0.39 is 0 Å². The predicted octanol–water partition coefficient (Wildman–Crippen LogP) is 3.16. The first kappa shape index (κ1) is 11.1. The Bertz CT molecular complexity index is 292. The van der Waals surface area contributed by atoms with Crippen LogP contribution in [0, 0.1) is 5.92 Å². The third-order valence-electron chi connectivity index (χ3n) is 2.99. The summed E-state index contributed by atoms with van der Waals surface area (Å²) >= 11 is 1.99. The Hall–Kier alpha value is -0.410. The molecule has 0 aromatic carbocycles. The van der Waals surface area contributed by atoms with Crippen molar-refractivity contribution in [1.82, 2.24) is 0 Å². The number of rotatable bonds is 5. The van der Waals surface area contributed by atoms with Crippen molar-refractivity contribution in [3.05, 3.63) is 23.7 Å². The molecule has 1 aliphatic rings. The fourth-order valence-corrected chi connectivity index (χ4v) is 3.25. The normalized spacial score (nSPS) is 17.4. The van der Waals surface area contributed by atoms with Crippen molar-refractivity contribution in [2.24, 2.45) is 11.7 Å². The van der Waals surface area contributed by atoms with Gasteiger partial charge in [-0.05, 0) is 36.6 Å². The molecule has 1 heterocycles. The zero-order valence-electron chi connectivity index (χ0n) is 9.08. The summed E-state index contributed by atoms with van der Waals surface area (Å²) in [6, 6.07) is 4.02. The van der Waals surface area contributed by atoms with Crippen molar-refractivity contribution in [3.63, 3.8) is 0 Å². The van der Waals surface area contributed by atoms with Crippen molar-refractivity contribution in [1.29, 1.82) is 0 Å². The molecule has 3 heteroatoms. The van der Waals surface area contributed by atoms with Crippen molar-refractivity contribution in [3.8, 4) is 0 Å². The molecule has 2 nitrogen and oxygen atoms in total. The third-order valence-corrected chi connectivity index (χ3v) is 4.19. The van der Waals surface area contributed by atoms with Gasteiger partial charge in [-0.1, -0.05) is 12.8 Å². The molecule has 84 valence electrons. The highest BCUT2D eigenvalue weighted by Gasteiger charge is 2.14. The van der Waals surface area contributed by atoms with Gasteiger partial charge in [0.1, 0.15) is 11.5 Å². The van der Waals surface area contributed by atoms with Crippen LogP contribution in [0.4, 0.5) is 0 Å². The minimum absolute atomic E-state index is 0.507. The van der Waals surface area contributed by atoms with Gasteiger partial charge in [0.05, 0.1) is 12.3 Å². The smallest absolute Gasteiger partial charge is 0.117 e. The molecule has 1 fully saturated rings. The summed E-state index contributed by atoms with van der Waals surface area (Å²) in [5.41, 5.74) is 5.49. The van der Waals surface area contributed by atoms with Crippen molar-refractivity contribution < 1.29 is 4.42 Å². The van der Waals surface area contributed by atoms with Gasteiger partial charge in [0.15, 0.2) is 0 Å². The minimum Gasteiger partial charge on any atom is -0.464 e. The van der Waals surface area contributed by atoms with E-state index in [1.807, 2.05) is 23.9 Å². The van der Waals surface area contributed by atoms with E-state index in [0.29, 0.717) is 6.54 Å². The van der Waals surface area contributed by atoms with E-state index in [2.05, 4.69) is 0 Å². The third kappa shape index (κ3) is 3.28. The highest BCUT2D eigenvalue weighted by atomic mass is 32.2. The van der Waals surface area contributed by atoms with Gasteiger partial charge in [0.2, 0.25) is 0 Å². The molecule has 1 saturated carbocycles. The zero-order chi connectivity index (χ0) is 10.5. The van der Waals surface area contributed by atoms with Crippen LogP contribution in [0.1, 0.15) is 37.2 Å². The average molecular weight is 225 g/mol. The fourth-order valence-electron chi connectivity index (χ4n) is 2.11. The molecule has 0 bridgehead atoms. The molecule has 0 radical (unpaired) electrons. The van der Waals surface area contributed by atoms with Crippen LogP contribution in [0.5, 0.6) is 0 Å². The summed E-state index contributed by atoms with van der Waals surface area (Å²) in [6.07, 6.45) is 5.73. The Morgan fingerprint density at radius 1 is 1.27 bits per heavy atom. The number of thioether (sulfide) groups is 1. The molecule has 1 aromatic rings. The SMILES string of the molecule is NCc1ccc(CSCC2CCCC2)o1. The minimum atomic E-state index is 0.507. The second kappa shape index (κ2) is 5.61. The number of nitrogens with two attached hydrogens (primary N) is 1. The Labute approximate surface area is 95.6 Å². The summed E-state index contributed by atoms with van der Waals surface area (Å²) in [7, 11) is 0. The summed E-state index contributed by atoms with van der Waals surface area (Å²) in [5, 5.41) is 0. The van der Waals surface area contributed by atoms with E-state index in [-0.39, 0.29) is 0 Å². The van der Waals surface area contributed by atoms with Crippen LogP contribution in [0.25, 0.3) is 0 Å². The van der Waals surface area contributed by atoms with Gasteiger partial charge in [0, 0.05) is 0 Å². The quantitative estimate of drug-likeness (QED) is 0.836. The standard InChI is InChI=1S/C12H19NOS/c13-7-11-5-6-12(14-11)9-15-8-10-3-1-2-4-10/h5-6,10H,1-4,7-9,13H2. The Balaban J connectivity index is 1.68. The van der Waals surface area contributed by atoms with Crippen LogP contribution in [-0.4, -0.2) is 5.75 Å². The fraction of sp³-hybridized carbons (Fsp3) is 0.667.